The fraction of sp³-hybridized carbons (Fsp3) is 0.385. The Hall–Kier alpha value is -3.66. The molecule has 3 heterocycles. The molecule has 6 rings (SSSR count). The molecule has 4 N–H and O–H groups in total. The molecule has 56 heavy (non-hydrogen) atoms. The van der Waals surface area contributed by atoms with Gasteiger partial charge in [0.05, 0.1) is 39.3 Å². The molecule has 300 valence electrons. The molecule has 0 aliphatic carbocycles. The van der Waals surface area contributed by atoms with E-state index in [0.29, 0.717) is 112 Å². The van der Waals surface area contributed by atoms with Gasteiger partial charge in [-0.3, -0.25) is 39.8 Å². The van der Waals surface area contributed by atoms with Gasteiger partial charge in [0.2, 0.25) is 0 Å². The standard InChI is InChI=1S/C39H48N8O3.HNO3.Yb.Zn/c1-28-16-31-22-40-4-10-46-12-6-42-24-33-18-29(2)19-34(38(33)49)25-43-7-13-47(11-5-41-23-32(17-28)37(31)48)15-9-45-27-36-21-30(3)20-35(39(36)50)26-44-8-14-46;2-1(3)4;;/h16-27,48-50H,4-15H2,1-3H3;(H,2,3,4);;/q;;+2;. The molecule has 0 saturated carbocycles. The quantitative estimate of drug-likeness (QED) is 0.147. The molecule has 0 amide bonds. The summed E-state index contributed by atoms with van der Waals surface area (Å²) in [5, 5.41) is 46.8. The summed E-state index contributed by atoms with van der Waals surface area (Å²) >= 11 is 0. The minimum absolute atomic E-state index is 0. The number of benzene rings is 3. The third-order valence-corrected chi connectivity index (χ3v) is 8.59. The summed E-state index contributed by atoms with van der Waals surface area (Å²) in [7, 11) is 0. The number of rotatable bonds is 0. The second kappa shape index (κ2) is 25.6. The van der Waals surface area contributed by atoms with Gasteiger partial charge in [0.25, 0.3) is 5.09 Å². The first-order valence-corrected chi connectivity index (χ1v) is 17.8. The fourth-order valence-electron chi connectivity index (χ4n) is 5.94. The summed E-state index contributed by atoms with van der Waals surface area (Å²) in [5.41, 5.74) is 6.98. The second-order valence-corrected chi connectivity index (χ2v) is 13.0. The van der Waals surface area contributed by atoms with E-state index < -0.39 is 5.09 Å². The van der Waals surface area contributed by atoms with E-state index in [-0.39, 0.29) is 83.6 Å². The van der Waals surface area contributed by atoms with Crippen LogP contribution in [0.3, 0.4) is 0 Å². The van der Waals surface area contributed by atoms with Gasteiger partial charge in [0, 0.05) is 129 Å². The van der Waals surface area contributed by atoms with Gasteiger partial charge in [-0.2, -0.15) is 0 Å². The zero-order valence-electron chi connectivity index (χ0n) is 32.0. The van der Waals surface area contributed by atoms with E-state index in [9.17, 15) is 15.3 Å². The maximum absolute atomic E-state index is 11.0. The van der Waals surface area contributed by atoms with Crippen LogP contribution in [0.25, 0.3) is 0 Å². The maximum atomic E-state index is 11.0. The van der Waals surface area contributed by atoms with E-state index in [1.807, 2.05) is 57.2 Å². The van der Waals surface area contributed by atoms with Crippen LogP contribution in [0.4, 0.5) is 0 Å². The van der Waals surface area contributed by atoms with Crippen LogP contribution in [0.1, 0.15) is 50.1 Å². The minimum Gasteiger partial charge on any atom is -0.507 e. The molecule has 8 bridgehead atoms. The molecule has 0 spiro atoms. The molecular formula is C39H49N9O6YbZn+2. The maximum Gasteiger partial charge on any atom is 2.00 e. The molecule has 0 unspecified atom stereocenters. The first-order chi connectivity index (χ1) is 26.0. The zero-order valence-corrected chi connectivity index (χ0v) is 36.7. The third-order valence-electron chi connectivity index (χ3n) is 8.59. The van der Waals surface area contributed by atoms with Crippen molar-refractivity contribution in [2.45, 2.75) is 20.8 Å². The number of hydrogen-bond donors (Lipinski definition) is 4. The Labute approximate surface area is 379 Å². The van der Waals surface area contributed by atoms with E-state index in [1.54, 1.807) is 37.3 Å². The van der Waals surface area contributed by atoms with Crippen LogP contribution in [-0.4, -0.2) is 151 Å². The van der Waals surface area contributed by atoms with Crippen molar-refractivity contribution in [1.82, 2.24) is 9.80 Å². The van der Waals surface area contributed by atoms with Gasteiger partial charge >= 0.3 is 46.9 Å². The summed E-state index contributed by atoms with van der Waals surface area (Å²) in [5.74, 6) is 0.490. The van der Waals surface area contributed by atoms with Gasteiger partial charge in [0.1, 0.15) is 17.2 Å². The Morgan fingerprint density at radius 1 is 0.482 bits per heavy atom. The molecule has 0 fully saturated rings. The van der Waals surface area contributed by atoms with Gasteiger partial charge in [-0.05, 0) is 73.9 Å². The van der Waals surface area contributed by atoms with Crippen LogP contribution in [0.5, 0.6) is 17.2 Å². The van der Waals surface area contributed by atoms with Crippen molar-refractivity contribution in [3.8, 4) is 17.2 Å². The molecule has 0 radical (unpaired) electrons. The molecule has 3 aliphatic rings. The number of aryl methyl sites for hydroxylation is 3. The summed E-state index contributed by atoms with van der Waals surface area (Å²) in [6, 6.07) is 11.5. The van der Waals surface area contributed by atoms with Crippen LogP contribution in [0, 0.1) is 77.8 Å². The molecular weight excluding hydrogens is 929 g/mol. The number of nitrogens with zero attached hydrogens (tertiary/aromatic N) is 9. The van der Waals surface area contributed by atoms with Gasteiger partial charge < -0.3 is 20.5 Å². The van der Waals surface area contributed by atoms with E-state index >= 15 is 0 Å². The average molecular weight is 978 g/mol. The van der Waals surface area contributed by atoms with Crippen molar-refractivity contribution in [1.29, 1.82) is 0 Å². The Bertz CT molecular complexity index is 1610. The largest absolute Gasteiger partial charge is 2.00 e. The number of phenols is 3. The predicted octanol–water partition coefficient (Wildman–Crippen LogP) is 3.92. The van der Waals surface area contributed by atoms with Crippen molar-refractivity contribution >= 4 is 37.3 Å². The van der Waals surface area contributed by atoms with Crippen molar-refractivity contribution in [2.75, 3.05) is 78.5 Å². The number of fused-ring (bicyclic) bond motifs is 12. The van der Waals surface area contributed by atoms with Crippen molar-refractivity contribution in [3.05, 3.63) is 96.6 Å². The van der Waals surface area contributed by atoms with Crippen LogP contribution >= 0.6 is 0 Å². The average Bonchev–Trinajstić information content (AvgIpc) is 3.11. The van der Waals surface area contributed by atoms with Crippen molar-refractivity contribution in [2.24, 2.45) is 30.0 Å². The van der Waals surface area contributed by atoms with Crippen LogP contribution in [0.2, 0.25) is 0 Å². The molecule has 0 aromatic heterocycles. The number of aromatic hydroxyl groups is 3. The predicted molar refractivity (Wildman–Crippen MR) is 215 cm³/mol. The summed E-state index contributed by atoms with van der Waals surface area (Å²) in [4.78, 5) is 40.8. The summed E-state index contributed by atoms with van der Waals surface area (Å²) in [6.07, 6.45) is 10.4. The third kappa shape index (κ3) is 16.4. The Kier molecular flexibility index (Phi) is 22.1. The topological polar surface area (TPSA) is 205 Å². The molecule has 3 aromatic rings. The molecule has 3 aromatic carbocycles. The first kappa shape index (κ1) is 48.5. The minimum atomic E-state index is -1.50. The molecule has 17 heteroatoms. The second-order valence-electron chi connectivity index (χ2n) is 13.0. The van der Waals surface area contributed by atoms with Crippen LogP contribution in [0.15, 0.2) is 66.4 Å². The fourth-order valence-corrected chi connectivity index (χ4v) is 5.94. The van der Waals surface area contributed by atoms with Gasteiger partial charge in [0.15, 0.2) is 0 Å². The monoisotopic (exact) mass is 977 g/mol. The van der Waals surface area contributed by atoms with E-state index in [0.717, 1.165) is 16.7 Å². The van der Waals surface area contributed by atoms with Crippen LogP contribution in [-0.2, 0) is 19.5 Å². The molecule has 0 atom stereocenters. The van der Waals surface area contributed by atoms with Crippen molar-refractivity contribution < 1.29 is 92.0 Å². The smallest absolute Gasteiger partial charge is 0.507 e. The van der Waals surface area contributed by atoms with E-state index in [1.165, 1.54) is 0 Å². The summed E-state index contributed by atoms with van der Waals surface area (Å²) < 4.78 is 0. The molecule has 0 saturated heterocycles. The normalized spacial score (nSPS) is 17.8. The Morgan fingerprint density at radius 2 is 0.643 bits per heavy atom. The SMILES string of the molecule is Cc1cc2c(O)c(c1)C=NCCN1CCN=Cc3cc(C)cc(c3O)C=NCCN(CCN=C2)CCN=Cc2cc(C)cc(c2O)C=NCC1.O=[N+]([O-])O.[Yb+2].[Zn]. The number of aliphatic imine (C=N–C) groups is 6. The first-order valence-electron chi connectivity index (χ1n) is 17.8. The molecule has 15 nitrogen and oxygen atoms in total. The van der Waals surface area contributed by atoms with Crippen molar-refractivity contribution in [3.63, 3.8) is 0 Å². The Balaban J connectivity index is 0.00000172. The van der Waals surface area contributed by atoms with Gasteiger partial charge in [-0.1, -0.05) is 0 Å². The van der Waals surface area contributed by atoms with E-state index in [2.05, 4.69) is 39.8 Å². The van der Waals surface area contributed by atoms with Crippen LogP contribution < -0.4 is 0 Å². The zero-order chi connectivity index (χ0) is 38.9. The number of hydrogen-bond acceptors (Lipinski definition) is 13. The Morgan fingerprint density at radius 3 is 0.804 bits per heavy atom. The molecule has 3 aliphatic heterocycles. The summed E-state index contributed by atoms with van der Waals surface area (Å²) in [6.45, 7) is 13.0. The number of phenolic OH excluding ortho intramolecular Hbond substituents is 3. The van der Waals surface area contributed by atoms with Gasteiger partial charge in [-0.15, -0.1) is 10.1 Å². The van der Waals surface area contributed by atoms with E-state index in [4.69, 9.17) is 15.3 Å². The van der Waals surface area contributed by atoms with Gasteiger partial charge in [-0.25, -0.2) is 0 Å².